The van der Waals surface area contributed by atoms with E-state index in [2.05, 4.69) is 4.98 Å². The summed E-state index contributed by atoms with van der Waals surface area (Å²) in [5.41, 5.74) is 2.93. The number of aryl methyl sites for hydroxylation is 1. The number of carbonyl (C=O) groups is 1. The summed E-state index contributed by atoms with van der Waals surface area (Å²) in [6.07, 6.45) is 1.72. The van der Waals surface area contributed by atoms with Crippen LogP contribution in [-0.2, 0) is 6.54 Å². The normalized spacial score (nSPS) is 10.4. The molecule has 1 aromatic carbocycles. The van der Waals surface area contributed by atoms with Gasteiger partial charge in [0.15, 0.2) is 0 Å². The van der Waals surface area contributed by atoms with Crippen molar-refractivity contribution in [3.63, 3.8) is 0 Å². The lowest BCUT2D eigenvalue weighted by Crippen LogP contribution is -2.27. The number of hydrogen-bond acceptors (Lipinski definition) is 3. The highest BCUT2D eigenvalue weighted by Gasteiger charge is 2.16. The molecular weight excluding hydrogens is 283 g/mol. The van der Waals surface area contributed by atoms with Gasteiger partial charge in [-0.15, -0.1) is 0 Å². The molecule has 1 heterocycles. The van der Waals surface area contributed by atoms with Gasteiger partial charge in [-0.05, 0) is 32.0 Å². The average molecular weight is 302 g/mol. The molecule has 22 heavy (non-hydrogen) atoms. The van der Waals surface area contributed by atoms with Crippen LogP contribution < -0.4 is 4.74 Å². The van der Waals surface area contributed by atoms with Gasteiger partial charge in [0.25, 0.3) is 5.91 Å². The van der Waals surface area contributed by atoms with Gasteiger partial charge in [0.1, 0.15) is 11.6 Å². The number of benzene rings is 1. The van der Waals surface area contributed by atoms with Crippen molar-refractivity contribution in [2.45, 2.75) is 20.4 Å². The van der Waals surface area contributed by atoms with E-state index >= 15 is 0 Å². The number of carbonyl (C=O) groups excluding carboxylic acids is 1. The molecule has 2 rings (SSSR count). The SMILES string of the molecule is COc1c(C)cnc(CN(C)C(=O)c2cccc(F)c2)c1C. The number of halogens is 1. The second-order valence-electron chi connectivity index (χ2n) is 5.22. The second-order valence-corrected chi connectivity index (χ2v) is 5.22. The summed E-state index contributed by atoms with van der Waals surface area (Å²) < 4.78 is 18.6. The molecule has 1 amide bonds. The molecule has 0 unspecified atom stereocenters. The van der Waals surface area contributed by atoms with Crippen LogP contribution in [-0.4, -0.2) is 29.9 Å². The minimum atomic E-state index is -0.425. The Kier molecular flexibility index (Phi) is 4.75. The van der Waals surface area contributed by atoms with Crippen molar-refractivity contribution in [1.29, 1.82) is 0 Å². The Balaban J connectivity index is 2.22. The quantitative estimate of drug-likeness (QED) is 0.871. The Morgan fingerprint density at radius 1 is 1.36 bits per heavy atom. The molecule has 1 aromatic heterocycles. The molecule has 116 valence electrons. The van der Waals surface area contributed by atoms with Gasteiger partial charge in [-0.3, -0.25) is 9.78 Å². The fraction of sp³-hybridized carbons (Fsp3) is 0.294. The third kappa shape index (κ3) is 3.24. The highest BCUT2D eigenvalue weighted by atomic mass is 19.1. The Morgan fingerprint density at radius 2 is 2.09 bits per heavy atom. The minimum absolute atomic E-state index is 0.250. The van der Waals surface area contributed by atoms with Gasteiger partial charge in [-0.2, -0.15) is 0 Å². The first-order valence-corrected chi connectivity index (χ1v) is 6.94. The summed E-state index contributed by atoms with van der Waals surface area (Å²) in [5, 5.41) is 0. The van der Waals surface area contributed by atoms with Crippen LogP contribution in [0.2, 0.25) is 0 Å². The molecule has 0 atom stereocenters. The number of pyridine rings is 1. The maximum absolute atomic E-state index is 13.2. The largest absolute Gasteiger partial charge is 0.496 e. The van der Waals surface area contributed by atoms with Crippen molar-refractivity contribution in [3.8, 4) is 5.75 Å². The number of rotatable bonds is 4. The minimum Gasteiger partial charge on any atom is -0.496 e. The topological polar surface area (TPSA) is 42.4 Å². The maximum atomic E-state index is 13.2. The fourth-order valence-corrected chi connectivity index (χ4v) is 2.37. The molecule has 0 fully saturated rings. The smallest absolute Gasteiger partial charge is 0.254 e. The molecule has 0 saturated carbocycles. The number of ether oxygens (including phenoxy) is 1. The predicted octanol–water partition coefficient (Wildman–Crippen LogP) is 3.12. The van der Waals surface area contributed by atoms with E-state index in [0.717, 1.165) is 22.6 Å². The first kappa shape index (κ1) is 15.9. The molecule has 0 aliphatic carbocycles. The van der Waals surface area contributed by atoms with Crippen LogP contribution in [0, 0.1) is 19.7 Å². The maximum Gasteiger partial charge on any atom is 0.254 e. The van der Waals surface area contributed by atoms with Crippen LogP contribution in [0.5, 0.6) is 5.75 Å². The molecule has 4 nitrogen and oxygen atoms in total. The molecule has 0 bridgehead atoms. The van der Waals surface area contributed by atoms with Gasteiger partial charge < -0.3 is 9.64 Å². The molecule has 0 N–H and O–H groups in total. The lowest BCUT2D eigenvalue weighted by molar-refractivity contribution is 0.0782. The number of amides is 1. The van der Waals surface area contributed by atoms with E-state index in [4.69, 9.17) is 4.74 Å². The number of aromatic nitrogens is 1. The van der Waals surface area contributed by atoms with Crippen molar-refractivity contribution in [3.05, 3.63) is 58.7 Å². The van der Waals surface area contributed by atoms with Gasteiger partial charge in [0, 0.05) is 29.9 Å². The van der Waals surface area contributed by atoms with Crippen molar-refractivity contribution >= 4 is 5.91 Å². The van der Waals surface area contributed by atoms with Crippen LogP contribution >= 0.6 is 0 Å². The molecule has 2 aromatic rings. The standard InChI is InChI=1S/C17H19FN2O2/c1-11-9-19-15(12(2)16(11)22-4)10-20(3)17(21)13-6-5-7-14(18)8-13/h5-9H,10H2,1-4H3. The monoisotopic (exact) mass is 302 g/mol. The zero-order chi connectivity index (χ0) is 16.3. The van der Waals surface area contributed by atoms with Crippen LogP contribution in [0.25, 0.3) is 0 Å². The first-order chi connectivity index (χ1) is 10.4. The van der Waals surface area contributed by atoms with E-state index in [9.17, 15) is 9.18 Å². The summed E-state index contributed by atoms with van der Waals surface area (Å²) in [6.45, 7) is 4.16. The predicted molar refractivity (Wildman–Crippen MR) is 82.5 cm³/mol. The third-order valence-electron chi connectivity index (χ3n) is 3.55. The van der Waals surface area contributed by atoms with Gasteiger partial charge in [-0.1, -0.05) is 6.07 Å². The lowest BCUT2D eigenvalue weighted by Gasteiger charge is -2.19. The molecule has 0 saturated heterocycles. The zero-order valence-corrected chi connectivity index (χ0v) is 13.2. The molecule has 0 aliphatic rings. The lowest BCUT2D eigenvalue weighted by atomic mass is 10.1. The van der Waals surface area contributed by atoms with E-state index in [-0.39, 0.29) is 5.91 Å². The summed E-state index contributed by atoms with van der Waals surface area (Å²) in [7, 11) is 3.28. The van der Waals surface area contributed by atoms with Crippen molar-refractivity contribution < 1.29 is 13.9 Å². The van der Waals surface area contributed by atoms with E-state index in [1.165, 1.54) is 23.1 Å². The first-order valence-electron chi connectivity index (χ1n) is 6.94. The Labute approximate surface area is 129 Å². The Hall–Kier alpha value is -2.43. The van der Waals surface area contributed by atoms with E-state index < -0.39 is 5.82 Å². The van der Waals surface area contributed by atoms with Crippen molar-refractivity contribution in [2.75, 3.05) is 14.2 Å². The van der Waals surface area contributed by atoms with Crippen LogP contribution in [0.1, 0.15) is 27.2 Å². The van der Waals surface area contributed by atoms with Crippen molar-refractivity contribution in [2.24, 2.45) is 0 Å². The molecular formula is C17H19FN2O2. The fourth-order valence-electron chi connectivity index (χ4n) is 2.37. The summed E-state index contributed by atoms with van der Waals surface area (Å²) in [5.74, 6) is 0.0995. The number of hydrogen-bond donors (Lipinski definition) is 0. The Morgan fingerprint density at radius 3 is 2.73 bits per heavy atom. The molecule has 5 heteroatoms. The highest BCUT2D eigenvalue weighted by molar-refractivity contribution is 5.94. The average Bonchev–Trinajstić information content (AvgIpc) is 2.50. The van der Waals surface area contributed by atoms with E-state index in [1.807, 2.05) is 13.8 Å². The highest BCUT2D eigenvalue weighted by Crippen LogP contribution is 2.24. The second kappa shape index (κ2) is 6.56. The number of methoxy groups -OCH3 is 1. The molecule has 0 radical (unpaired) electrons. The van der Waals surface area contributed by atoms with E-state index in [1.54, 1.807) is 26.4 Å². The summed E-state index contributed by atoms with van der Waals surface area (Å²) in [4.78, 5) is 18.2. The van der Waals surface area contributed by atoms with Crippen LogP contribution in [0.4, 0.5) is 4.39 Å². The van der Waals surface area contributed by atoms with Crippen LogP contribution in [0.3, 0.4) is 0 Å². The molecule has 0 aliphatic heterocycles. The summed E-state index contributed by atoms with van der Waals surface area (Å²) in [6, 6.07) is 5.66. The van der Waals surface area contributed by atoms with Gasteiger partial charge in [0.2, 0.25) is 0 Å². The van der Waals surface area contributed by atoms with Gasteiger partial charge in [0.05, 0.1) is 19.3 Å². The third-order valence-corrected chi connectivity index (χ3v) is 3.55. The van der Waals surface area contributed by atoms with Crippen LogP contribution in [0.15, 0.2) is 30.5 Å². The zero-order valence-electron chi connectivity index (χ0n) is 13.2. The summed E-state index contributed by atoms with van der Waals surface area (Å²) >= 11 is 0. The van der Waals surface area contributed by atoms with Gasteiger partial charge in [-0.25, -0.2) is 4.39 Å². The Bertz CT molecular complexity index is 701. The number of nitrogens with zero attached hydrogens (tertiary/aromatic N) is 2. The van der Waals surface area contributed by atoms with Crippen molar-refractivity contribution in [1.82, 2.24) is 9.88 Å². The van der Waals surface area contributed by atoms with E-state index in [0.29, 0.717) is 12.1 Å². The molecule has 0 spiro atoms. The van der Waals surface area contributed by atoms with Gasteiger partial charge >= 0.3 is 0 Å².